The second-order valence-electron chi connectivity index (χ2n) is 4.33. The standard InChI is InChI=1S/C13H19FN2O2/c1-2-15-8-10-7-11(14)9-16-13(10)18-12-3-5-17-6-4-12/h7,9,12,15H,2-6,8H2,1H3. The summed E-state index contributed by atoms with van der Waals surface area (Å²) in [6.07, 6.45) is 3.04. The first-order valence-corrected chi connectivity index (χ1v) is 6.39. The van der Waals surface area contributed by atoms with E-state index in [2.05, 4.69) is 10.3 Å². The molecule has 0 saturated carbocycles. The molecular weight excluding hydrogens is 235 g/mol. The minimum Gasteiger partial charge on any atom is -0.474 e. The van der Waals surface area contributed by atoms with Crippen LogP contribution in [-0.4, -0.2) is 30.8 Å². The van der Waals surface area contributed by atoms with Crippen LogP contribution in [0.25, 0.3) is 0 Å². The Balaban J connectivity index is 2.04. The number of hydrogen-bond donors (Lipinski definition) is 1. The predicted molar refractivity (Wildman–Crippen MR) is 66.0 cm³/mol. The molecule has 1 fully saturated rings. The minimum absolute atomic E-state index is 0.122. The Labute approximate surface area is 107 Å². The zero-order valence-electron chi connectivity index (χ0n) is 10.6. The number of nitrogens with one attached hydrogen (secondary N) is 1. The van der Waals surface area contributed by atoms with Crippen molar-refractivity contribution in [2.45, 2.75) is 32.4 Å². The van der Waals surface area contributed by atoms with Gasteiger partial charge in [0.1, 0.15) is 11.9 Å². The van der Waals surface area contributed by atoms with E-state index in [9.17, 15) is 4.39 Å². The number of rotatable bonds is 5. The van der Waals surface area contributed by atoms with Crippen LogP contribution in [0.5, 0.6) is 5.88 Å². The summed E-state index contributed by atoms with van der Waals surface area (Å²) in [6.45, 7) is 4.83. The van der Waals surface area contributed by atoms with Crippen molar-refractivity contribution in [3.05, 3.63) is 23.6 Å². The number of halogens is 1. The second kappa shape index (κ2) is 6.66. The van der Waals surface area contributed by atoms with Gasteiger partial charge in [-0.15, -0.1) is 0 Å². The first-order chi connectivity index (χ1) is 8.79. The van der Waals surface area contributed by atoms with Gasteiger partial charge in [-0.3, -0.25) is 0 Å². The van der Waals surface area contributed by atoms with Crippen LogP contribution in [0.15, 0.2) is 12.3 Å². The fraction of sp³-hybridized carbons (Fsp3) is 0.615. The van der Waals surface area contributed by atoms with Crippen molar-refractivity contribution < 1.29 is 13.9 Å². The molecule has 1 saturated heterocycles. The molecule has 0 amide bonds. The van der Waals surface area contributed by atoms with Crippen molar-refractivity contribution >= 4 is 0 Å². The molecule has 1 aliphatic heterocycles. The van der Waals surface area contributed by atoms with Crippen LogP contribution in [0.1, 0.15) is 25.3 Å². The average molecular weight is 254 g/mol. The number of pyridine rings is 1. The lowest BCUT2D eigenvalue weighted by Crippen LogP contribution is -2.27. The summed E-state index contributed by atoms with van der Waals surface area (Å²) in [4.78, 5) is 4.05. The molecule has 0 spiro atoms. The zero-order chi connectivity index (χ0) is 12.8. The Morgan fingerprint density at radius 3 is 3.00 bits per heavy atom. The molecule has 0 aliphatic carbocycles. The third-order valence-electron chi connectivity index (χ3n) is 2.90. The van der Waals surface area contributed by atoms with Gasteiger partial charge in [-0.2, -0.15) is 0 Å². The summed E-state index contributed by atoms with van der Waals surface area (Å²) in [6, 6.07) is 1.48. The van der Waals surface area contributed by atoms with Gasteiger partial charge in [0.05, 0.1) is 19.4 Å². The summed E-state index contributed by atoms with van der Waals surface area (Å²) in [5.74, 6) is 0.200. The third-order valence-corrected chi connectivity index (χ3v) is 2.90. The third kappa shape index (κ3) is 3.65. The monoisotopic (exact) mass is 254 g/mol. The van der Waals surface area contributed by atoms with E-state index in [0.29, 0.717) is 25.6 Å². The van der Waals surface area contributed by atoms with Gasteiger partial charge in [0, 0.05) is 24.9 Å². The number of aromatic nitrogens is 1. The SMILES string of the molecule is CCNCc1cc(F)cnc1OC1CCOCC1. The molecule has 0 aromatic carbocycles. The van der Waals surface area contributed by atoms with Gasteiger partial charge in [0.2, 0.25) is 5.88 Å². The Bertz CT molecular complexity index is 381. The Morgan fingerprint density at radius 2 is 2.28 bits per heavy atom. The molecule has 100 valence electrons. The van der Waals surface area contributed by atoms with E-state index in [0.717, 1.165) is 24.9 Å². The molecule has 18 heavy (non-hydrogen) atoms. The van der Waals surface area contributed by atoms with Gasteiger partial charge < -0.3 is 14.8 Å². The van der Waals surface area contributed by atoms with E-state index in [1.807, 2.05) is 6.92 Å². The van der Waals surface area contributed by atoms with Crippen LogP contribution >= 0.6 is 0 Å². The van der Waals surface area contributed by atoms with E-state index in [1.165, 1.54) is 12.3 Å². The normalized spacial score (nSPS) is 16.8. The topological polar surface area (TPSA) is 43.4 Å². The van der Waals surface area contributed by atoms with Gasteiger partial charge in [-0.25, -0.2) is 9.37 Å². The van der Waals surface area contributed by atoms with Crippen LogP contribution < -0.4 is 10.1 Å². The molecule has 5 heteroatoms. The summed E-state index contributed by atoms with van der Waals surface area (Å²) < 4.78 is 24.3. The fourth-order valence-electron chi connectivity index (χ4n) is 1.91. The summed E-state index contributed by atoms with van der Waals surface area (Å²) in [7, 11) is 0. The minimum atomic E-state index is -0.331. The highest BCUT2D eigenvalue weighted by molar-refractivity contribution is 5.26. The molecule has 0 bridgehead atoms. The van der Waals surface area contributed by atoms with Crippen LogP contribution in [0, 0.1) is 5.82 Å². The largest absolute Gasteiger partial charge is 0.474 e. The van der Waals surface area contributed by atoms with Crippen molar-refractivity contribution in [2.24, 2.45) is 0 Å². The molecule has 1 aromatic heterocycles. The van der Waals surface area contributed by atoms with Gasteiger partial charge in [-0.1, -0.05) is 6.92 Å². The van der Waals surface area contributed by atoms with Gasteiger partial charge in [-0.05, 0) is 12.6 Å². The van der Waals surface area contributed by atoms with Crippen molar-refractivity contribution in [2.75, 3.05) is 19.8 Å². The number of ether oxygens (including phenoxy) is 2. The zero-order valence-corrected chi connectivity index (χ0v) is 10.6. The molecule has 0 radical (unpaired) electrons. The summed E-state index contributed by atoms with van der Waals surface area (Å²) in [5.41, 5.74) is 0.767. The van der Waals surface area contributed by atoms with E-state index in [4.69, 9.17) is 9.47 Å². The maximum Gasteiger partial charge on any atom is 0.218 e. The highest BCUT2D eigenvalue weighted by atomic mass is 19.1. The summed E-state index contributed by atoms with van der Waals surface area (Å²) >= 11 is 0. The van der Waals surface area contributed by atoms with Crippen molar-refractivity contribution in [1.29, 1.82) is 0 Å². The molecule has 2 heterocycles. The van der Waals surface area contributed by atoms with E-state index >= 15 is 0 Å². The van der Waals surface area contributed by atoms with Crippen molar-refractivity contribution in [3.8, 4) is 5.88 Å². The van der Waals surface area contributed by atoms with Gasteiger partial charge in [0.15, 0.2) is 0 Å². The maximum atomic E-state index is 13.2. The van der Waals surface area contributed by atoms with Gasteiger partial charge >= 0.3 is 0 Å². The number of nitrogens with zero attached hydrogens (tertiary/aromatic N) is 1. The Kier molecular flexibility index (Phi) is 4.90. The quantitative estimate of drug-likeness (QED) is 0.871. The average Bonchev–Trinajstić information content (AvgIpc) is 2.40. The molecule has 4 nitrogen and oxygen atoms in total. The number of hydrogen-bond acceptors (Lipinski definition) is 4. The molecule has 1 aliphatic rings. The Morgan fingerprint density at radius 1 is 1.50 bits per heavy atom. The van der Waals surface area contributed by atoms with E-state index in [-0.39, 0.29) is 11.9 Å². The first kappa shape index (κ1) is 13.2. The predicted octanol–water partition coefficient (Wildman–Crippen LogP) is 1.89. The highest BCUT2D eigenvalue weighted by Gasteiger charge is 2.17. The lowest BCUT2D eigenvalue weighted by Gasteiger charge is -2.23. The lowest BCUT2D eigenvalue weighted by atomic mass is 10.1. The highest BCUT2D eigenvalue weighted by Crippen LogP contribution is 2.20. The first-order valence-electron chi connectivity index (χ1n) is 6.39. The molecule has 1 N–H and O–H groups in total. The summed E-state index contributed by atoms with van der Waals surface area (Å²) in [5, 5.41) is 3.16. The van der Waals surface area contributed by atoms with Crippen molar-refractivity contribution in [1.82, 2.24) is 10.3 Å². The molecular formula is C13H19FN2O2. The van der Waals surface area contributed by atoms with E-state index in [1.54, 1.807) is 0 Å². The molecule has 2 rings (SSSR count). The Hall–Kier alpha value is -1.20. The lowest BCUT2D eigenvalue weighted by molar-refractivity contribution is 0.0232. The van der Waals surface area contributed by atoms with Crippen LogP contribution in [-0.2, 0) is 11.3 Å². The van der Waals surface area contributed by atoms with Crippen molar-refractivity contribution in [3.63, 3.8) is 0 Å². The molecule has 0 unspecified atom stereocenters. The van der Waals surface area contributed by atoms with Gasteiger partial charge in [0.25, 0.3) is 0 Å². The maximum absolute atomic E-state index is 13.2. The fourth-order valence-corrected chi connectivity index (χ4v) is 1.91. The molecule has 0 atom stereocenters. The van der Waals surface area contributed by atoms with Crippen LogP contribution in [0.3, 0.4) is 0 Å². The van der Waals surface area contributed by atoms with E-state index < -0.39 is 0 Å². The molecule has 1 aromatic rings. The van der Waals surface area contributed by atoms with Crippen LogP contribution in [0.4, 0.5) is 4.39 Å². The van der Waals surface area contributed by atoms with Crippen LogP contribution in [0.2, 0.25) is 0 Å². The smallest absolute Gasteiger partial charge is 0.218 e. The second-order valence-corrected chi connectivity index (χ2v) is 4.33.